The average molecular weight is 255 g/mol. The van der Waals surface area contributed by atoms with Gasteiger partial charge in [-0.3, -0.25) is 0 Å². The molecule has 0 atom stereocenters. The van der Waals surface area contributed by atoms with E-state index in [0.29, 0.717) is 16.5 Å². The summed E-state index contributed by atoms with van der Waals surface area (Å²) in [4.78, 5) is 0. The summed E-state index contributed by atoms with van der Waals surface area (Å²) in [5.74, 6) is -0.0241. The standard InChI is InChI=1S/C11H12ClFN4/c1-6(2)10-11(14)15-16-17(10)9-5-7(12)3-4-8(9)13/h3-6H,14H2,1-2H3. The largest absolute Gasteiger partial charge is 0.381 e. The summed E-state index contributed by atoms with van der Waals surface area (Å²) in [7, 11) is 0. The molecule has 1 heterocycles. The Hall–Kier alpha value is -1.62. The number of benzene rings is 1. The molecule has 90 valence electrons. The predicted octanol–water partition coefficient (Wildman–Crippen LogP) is 2.77. The van der Waals surface area contributed by atoms with Gasteiger partial charge in [-0.1, -0.05) is 30.7 Å². The number of rotatable bonds is 2. The molecule has 0 radical (unpaired) electrons. The van der Waals surface area contributed by atoms with Gasteiger partial charge in [-0.05, 0) is 24.1 Å². The first-order valence-corrected chi connectivity index (χ1v) is 5.55. The van der Waals surface area contributed by atoms with Crippen molar-refractivity contribution in [1.29, 1.82) is 0 Å². The smallest absolute Gasteiger partial charge is 0.169 e. The van der Waals surface area contributed by atoms with E-state index in [2.05, 4.69) is 10.3 Å². The third-order valence-corrected chi connectivity index (χ3v) is 2.65. The molecule has 0 unspecified atom stereocenters. The molecule has 2 aromatic rings. The van der Waals surface area contributed by atoms with Crippen molar-refractivity contribution in [3.05, 3.63) is 34.7 Å². The van der Waals surface area contributed by atoms with E-state index in [1.165, 1.54) is 22.9 Å². The van der Waals surface area contributed by atoms with Crippen LogP contribution in [0.4, 0.5) is 10.2 Å². The molecular formula is C11H12ClFN4. The van der Waals surface area contributed by atoms with Crippen LogP contribution in [-0.4, -0.2) is 15.0 Å². The number of halogens is 2. The van der Waals surface area contributed by atoms with Crippen molar-refractivity contribution in [2.75, 3.05) is 5.73 Å². The van der Waals surface area contributed by atoms with Crippen molar-refractivity contribution in [2.45, 2.75) is 19.8 Å². The highest BCUT2D eigenvalue weighted by Crippen LogP contribution is 2.25. The van der Waals surface area contributed by atoms with Crippen LogP contribution in [0.25, 0.3) is 5.69 Å². The first-order chi connectivity index (χ1) is 8.00. The molecule has 6 heteroatoms. The van der Waals surface area contributed by atoms with Crippen molar-refractivity contribution in [3.8, 4) is 5.69 Å². The lowest BCUT2D eigenvalue weighted by molar-refractivity contribution is 0.598. The van der Waals surface area contributed by atoms with Crippen LogP contribution < -0.4 is 5.73 Å². The molecule has 0 spiro atoms. The molecule has 2 rings (SSSR count). The highest BCUT2D eigenvalue weighted by Gasteiger charge is 2.17. The lowest BCUT2D eigenvalue weighted by atomic mass is 10.1. The Morgan fingerprint density at radius 2 is 2.12 bits per heavy atom. The van der Waals surface area contributed by atoms with Crippen molar-refractivity contribution in [2.24, 2.45) is 0 Å². The topological polar surface area (TPSA) is 56.7 Å². The molecule has 0 saturated heterocycles. The minimum absolute atomic E-state index is 0.0865. The number of hydrogen-bond acceptors (Lipinski definition) is 3. The third-order valence-electron chi connectivity index (χ3n) is 2.42. The molecular weight excluding hydrogens is 243 g/mol. The summed E-state index contributed by atoms with van der Waals surface area (Å²) in [6.07, 6.45) is 0. The Balaban J connectivity index is 2.64. The first-order valence-electron chi connectivity index (χ1n) is 5.17. The minimum atomic E-state index is -0.416. The Bertz CT molecular complexity index is 550. The second-order valence-corrected chi connectivity index (χ2v) is 4.46. The Kier molecular flexibility index (Phi) is 3.02. The summed E-state index contributed by atoms with van der Waals surface area (Å²) in [6.45, 7) is 3.88. The molecule has 0 aliphatic heterocycles. The summed E-state index contributed by atoms with van der Waals surface area (Å²) < 4.78 is 15.1. The van der Waals surface area contributed by atoms with Gasteiger partial charge in [0.1, 0.15) is 11.5 Å². The number of anilines is 1. The van der Waals surface area contributed by atoms with Gasteiger partial charge < -0.3 is 5.73 Å². The van der Waals surface area contributed by atoms with Gasteiger partial charge in [0.25, 0.3) is 0 Å². The van der Waals surface area contributed by atoms with Gasteiger partial charge in [0.15, 0.2) is 5.82 Å². The Morgan fingerprint density at radius 3 is 2.76 bits per heavy atom. The van der Waals surface area contributed by atoms with Gasteiger partial charge >= 0.3 is 0 Å². The van der Waals surface area contributed by atoms with Gasteiger partial charge in [0.2, 0.25) is 0 Å². The van der Waals surface area contributed by atoms with Crippen molar-refractivity contribution < 1.29 is 4.39 Å². The molecule has 0 saturated carbocycles. The van der Waals surface area contributed by atoms with Gasteiger partial charge in [0, 0.05) is 5.02 Å². The Labute approximate surface area is 103 Å². The maximum Gasteiger partial charge on any atom is 0.169 e. The summed E-state index contributed by atoms with van der Waals surface area (Å²) in [5, 5.41) is 8.05. The molecule has 0 bridgehead atoms. The zero-order valence-electron chi connectivity index (χ0n) is 9.48. The average Bonchev–Trinajstić information content (AvgIpc) is 2.64. The second kappa shape index (κ2) is 4.33. The van der Waals surface area contributed by atoms with Crippen LogP contribution in [0.5, 0.6) is 0 Å². The third kappa shape index (κ3) is 2.10. The van der Waals surface area contributed by atoms with Gasteiger partial charge in [-0.15, -0.1) is 5.10 Å². The number of nitrogen functional groups attached to an aromatic ring is 1. The van der Waals surface area contributed by atoms with Gasteiger partial charge in [-0.25, -0.2) is 9.07 Å². The summed E-state index contributed by atoms with van der Waals surface area (Å²) in [6, 6.07) is 4.27. The van der Waals surface area contributed by atoms with Crippen LogP contribution in [0.3, 0.4) is 0 Å². The zero-order chi connectivity index (χ0) is 12.6. The van der Waals surface area contributed by atoms with E-state index >= 15 is 0 Å². The maximum absolute atomic E-state index is 13.7. The summed E-state index contributed by atoms with van der Waals surface area (Å²) in [5.41, 5.74) is 6.65. The van der Waals surface area contributed by atoms with Crippen LogP contribution in [0.1, 0.15) is 25.5 Å². The fourth-order valence-corrected chi connectivity index (χ4v) is 1.83. The maximum atomic E-state index is 13.7. The monoisotopic (exact) mass is 254 g/mol. The molecule has 0 aliphatic carbocycles. The van der Waals surface area contributed by atoms with Crippen LogP contribution in [0.2, 0.25) is 5.02 Å². The molecule has 0 fully saturated rings. The van der Waals surface area contributed by atoms with Crippen molar-refractivity contribution >= 4 is 17.4 Å². The molecule has 2 N–H and O–H groups in total. The quantitative estimate of drug-likeness (QED) is 0.897. The highest BCUT2D eigenvalue weighted by atomic mass is 35.5. The van der Waals surface area contributed by atoms with Gasteiger partial charge in [-0.2, -0.15) is 0 Å². The number of hydrogen-bond donors (Lipinski definition) is 1. The number of nitrogens with zero attached hydrogens (tertiary/aromatic N) is 3. The first kappa shape index (κ1) is 11.9. The molecule has 1 aromatic heterocycles. The van der Waals surface area contributed by atoms with E-state index in [9.17, 15) is 4.39 Å². The van der Waals surface area contributed by atoms with E-state index in [-0.39, 0.29) is 11.6 Å². The highest BCUT2D eigenvalue weighted by molar-refractivity contribution is 6.30. The molecule has 4 nitrogen and oxygen atoms in total. The lowest BCUT2D eigenvalue weighted by Gasteiger charge is -2.10. The fraction of sp³-hybridized carbons (Fsp3) is 0.273. The van der Waals surface area contributed by atoms with Crippen molar-refractivity contribution in [3.63, 3.8) is 0 Å². The van der Waals surface area contributed by atoms with E-state index in [1.54, 1.807) is 0 Å². The SMILES string of the molecule is CC(C)c1c(N)nnn1-c1cc(Cl)ccc1F. The number of nitrogens with two attached hydrogens (primary N) is 1. The second-order valence-electron chi connectivity index (χ2n) is 4.02. The normalized spacial score (nSPS) is 11.1. The number of aromatic nitrogens is 3. The molecule has 17 heavy (non-hydrogen) atoms. The van der Waals surface area contributed by atoms with E-state index < -0.39 is 5.82 Å². The lowest BCUT2D eigenvalue weighted by Crippen LogP contribution is -2.07. The van der Waals surface area contributed by atoms with Gasteiger partial charge in [0.05, 0.1) is 5.69 Å². The van der Waals surface area contributed by atoms with E-state index in [0.717, 1.165) is 0 Å². The van der Waals surface area contributed by atoms with Crippen LogP contribution >= 0.6 is 11.6 Å². The van der Waals surface area contributed by atoms with Crippen LogP contribution in [0, 0.1) is 5.82 Å². The molecule has 1 aromatic carbocycles. The molecule has 0 aliphatic rings. The fourth-order valence-electron chi connectivity index (χ4n) is 1.67. The zero-order valence-corrected chi connectivity index (χ0v) is 10.2. The molecule has 0 amide bonds. The predicted molar refractivity (Wildman–Crippen MR) is 64.8 cm³/mol. The van der Waals surface area contributed by atoms with Crippen molar-refractivity contribution in [1.82, 2.24) is 15.0 Å². The Morgan fingerprint density at radius 1 is 1.41 bits per heavy atom. The summed E-state index contributed by atoms with van der Waals surface area (Å²) >= 11 is 5.85. The van der Waals surface area contributed by atoms with Crippen LogP contribution in [-0.2, 0) is 0 Å². The minimum Gasteiger partial charge on any atom is -0.381 e. The van der Waals surface area contributed by atoms with E-state index in [1.807, 2.05) is 13.8 Å². The van der Waals surface area contributed by atoms with E-state index in [4.69, 9.17) is 17.3 Å². The van der Waals surface area contributed by atoms with Crippen LogP contribution in [0.15, 0.2) is 18.2 Å².